The van der Waals surface area contributed by atoms with E-state index in [9.17, 15) is 9.90 Å². The van der Waals surface area contributed by atoms with Gasteiger partial charge in [0.15, 0.2) is 0 Å². The third-order valence-electron chi connectivity index (χ3n) is 3.05. The van der Waals surface area contributed by atoms with E-state index >= 15 is 0 Å². The molecule has 0 aromatic carbocycles. The summed E-state index contributed by atoms with van der Waals surface area (Å²) < 4.78 is 1.82. The van der Waals surface area contributed by atoms with Gasteiger partial charge in [0.2, 0.25) is 0 Å². The van der Waals surface area contributed by atoms with Crippen molar-refractivity contribution in [2.24, 2.45) is 7.05 Å². The number of amides is 1. The first-order valence-electron chi connectivity index (χ1n) is 5.57. The molecule has 1 aromatic heterocycles. The first-order valence-corrected chi connectivity index (χ1v) is 5.57. The fourth-order valence-electron chi connectivity index (χ4n) is 2.23. The van der Waals surface area contributed by atoms with E-state index in [4.69, 9.17) is 0 Å². The van der Waals surface area contributed by atoms with Crippen molar-refractivity contribution in [1.82, 2.24) is 9.47 Å². The molecule has 17 heavy (non-hydrogen) atoms. The van der Waals surface area contributed by atoms with Gasteiger partial charge in [0, 0.05) is 52.5 Å². The summed E-state index contributed by atoms with van der Waals surface area (Å²) in [6, 6.07) is 1.78. The van der Waals surface area contributed by atoms with Crippen LogP contribution >= 0.6 is 0 Å². The minimum atomic E-state index is -0.547. The Morgan fingerprint density at radius 2 is 2.29 bits per heavy atom. The molecule has 1 aliphatic rings. The summed E-state index contributed by atoms with van der Waals surface area (Å²) in [6.45, 7) is 5.02. The van der Waals surface area contributed by atoms with E-state index in [1.165, 1.54) is 0 Å². The molecule has 0 bridgehead atoms. The molecule has 2 rings (SSSR count). The molecular weight excluding hydrogens is 293 g/mol. The fourth-order valence-corrected chi connectivity index (χ4v) is 2.23. The smallest absolute Gasteiger partial charge is 0.255 e. The van der Waals surface area contributed by atoms with Crippen molar-refractivity contribution in [2.75, 3.05) is 13.1 Å². The van der Waals surface area contributed by atoms with Crippen molar-refractivity contribution < 1.29 is 42.6 Å². The van der Waals surface area contributed by atoms with E-state index in [-0.39, 0.29) is 38.6 Å². The molecule has 91 valence electrons. The van der Waals surface area contributed by atoms with E-state index in [1.54, 1.807) is 11.0 Å². The third-order valence-corrected chi connectivity index (χ3v) is 3.05. The Labute approximate surface area is 127 Å². The number of aliphatic hydroxyl groups excluding tert-OH is 1. The van der Waals surface area contributed by atoms with Crippen LogP contribution in [0.2, 0.25) is 0 Å². The van der Waals surface area contributed by atoms with Crippen LogP contribution in [0.3, 0.4) is 0 Å². The van der Waals surface area contributed by atoms with Crippen LogP contribution in [0, 0.1) is 6.92 Å². The first kappa shape index (κ1) is 14.9. The van der Waals surface area contributed by atoms with Crippen LogP contribution in [-0.4, -0.2) is 33.6 Å². The largest absolute Gasteiger partial charge is 0.387 e. The molecule has 0 spiro atoms. The minimum Gasteiger partial charge on any atom is -0.387 e. The minimum absolute atomic E-state index is 0. The average Bonchev–Trinajstić information content (AvgIpc) is 2.59. The van der Waals surface area contributed by atoms with Crippen LogP contribution < -0.4 is 0 Å². The molecule has 0 saturated carbocycles. The number of nitrogens with zero attached hydrogens (tertiary/aromatic N) is 2. The van der Waals surface area contributed by atoms with Gasteiger partial charge in [0.05, 0.1) is 17.4 Å². The summed E-state index contributed by atoms with van der Waals surface area (Å²) in [5.74, 6) is 0.0100. The van der Waals surface area contributed by atoms with Gasteiger partial charge in [-0.05, 0) is 19.0 Å². The molecule has 5 heteroatoms. The SMILES string of the molecule is [CH2-]CCN1CCC(O)c2c(ccn2C)C1=O.[Y]. The van der Waals surface area contributed by atoms with Crippen molar-refractivity contribution in [3.05, 3.63) is 30.4 Å². The number of aryl methyl sites for hydroxylation is 1. The van der Waals surface area contributed by atoms with E-state index in [0.717, 1.165) is 5.69 Å². The number of rotatable bonds is 2. The van der Waals surface area contributed by atoms with Crippen molar-refractivity contribution in [3.63, 3.8) is 0 Å². The Morgan fingerprint density at radius 1 is 1.59 bits per heavy atom. The molecule has 0 fully saturated rings. The van der Waals surface area contributed by atoms with Crippen molar-refractivity contribution in [1.29, 1.82) is 0 Å². The molecule has 1 N–H and O–H groups in total. The number of carbonyl (C=O) groups excluding carboxylic acids is 1. The number of hydrogen-bond acceptors (Lipinski definition) is 2. The van der Waals surface area contributed by atoms with Crippen molar-refractivity contribution in [3.8, 4) is 0 Å². The van der Waals surface area contributed by atoms with Crippen LogP contribution in [0.4, 0.5) is 0 Å². The van der Waals surface area contributed by atoms with E-state index in [0.29, 0.717) is 31.5 Å². The molecule has 1 radical (unpaired) electrons. The second kappa shape index (κ2) is 6.12. The number of aliphatic hydroxyl groups is 1. The van der Waals surface area contributed by atoms with Gasteiger partial charge >= 0.3 is 0 Å². The van der Waals surface area contributed by atoms with Gasteiger partial charge in [-0.3, -0.25) is 4.79 Å². The van der Waals surface area contributed by atoms with Crippen LogP contribution in [-0.2, 0) is 39.8 Å². The maximum Gasteiger partial charge on any atom is 0.255 e. The van der Waals surface area contributed by atoms with E-state index < -0.39 is 6.10 Å². The quantitative estimate of drug-likeness (QED) is 0.832. The summed E-state index contributed by atoms with van der Waals surface area (Å²) in [5, 5.41) is 10.00. The zero-order valence-corrected chi connectivity index (χ0v) is 12.9. The second-order valence-electron chi connectivity index (χ2n) is 4.18. The summed E-state index contributed by atoms with van der Waals surface area (Å²) in [5.41, 5.74) is 1.36. The summed E-state index contributed by atoms with van der Waals surface area (Å²) >= 11 is 0. The predicted octanol–water partition coefficient (Wildman–Crippen LogP) is 1.13. The Bertz CT molecular complexity index is 403. The van der Waals surface area contributed by atoms with Crippen LogP contribution in [0.1, 0.15) is 35.0 Å². The third kappa shape index (κ3) is 2.80. The predicted molar refractivity (Wildman–Crippen MR) is 60.9 cm³/mol. The van der Waals surface area contributed by atoms with Gasteiger partial charge in [0.25, 0.3) is 5.91 Å². The molecule has 1 amide bonds. The Kier molecular flexibility index (Phi) is 5.35. The molecule has 1 aromatic rings. The molecule has 2 heterocycles. The molecule has 0 saturated heterocycles. The molecular formula is C12H17N2O2Y-. The summed E-state index contributed by atoms with van der Waals surface area (Å²) in [4.78, 5) is 13.9. The molecule has 1 unspecified atom stereocenters. The summed E-state index contributed by atoms with van der Waals surface area (Å²) in [6.07, 6.45) is 2.56. The zero-order valence-electron chi connectivity index (χ0n) is 10.1. The van der Waals surface area contributed by atoms with Gasteiger partial charge in [0.1, 0.15) is 0 Å². The van der Waals surface area contributed by atoms with Crippen LogP contribution in [0.5, 0.6) is 0 Å². The standard InChI is InChI=1S/C12H17N2O2.Y/c1-3-6-14-8-5-10(15)11-9(12(14)16)4-7-13(11)2;/h4,7,10,15H,1,3,5-6,8H2,2H3;/q-1;. The molecule has 1 aliphatic heterocycles. The van der Waals surface area contributed by atoms with Gasteiger partial charge in [-0.25, -0.2) is 0 Å². The zero-order chi connectivity index (χ0) is 11.7. The Balaban J connectivity index is 0.00000144. The number of hydrogen-bond donors (Lipinski definition) is 1. The van der Waals surface area contributed by atoms with Crippen molar-refractivity contribution >= 4 is 5.91 Å². The molecule has 1 atom stereocenters. The number of carbonyl (C=O) groups is 1. The van der Waals surface area contributed by atoms with Crippen molar-refractivity contribution in [2.45, 2.75) is 18.9 Å². The fraction of sp³-hybridized carbons (Fsp3) is 0.500. The summed E-state index contributed by atoms with van der Waals surface area (Å²) in [7, 11) is 1.85. The van der Waals surface area contributed by atoms with Crippen LogP contribution in [0.15, 0.2) is 12.3 Å². The van der Waals surface area contributed by atoms with Gasteiger partial charge in [-0.15, -0.1) is 0 Å². The van der Waals surface area contributed by atoms with Crippen LogP contribution in [0.25, 0.3) is 0 Å². The Morgan fingerprint density at radius 3 is 2.94 bits per heavy atom. The van der Waals surface area contributed by atoms with Gasteiger partial charge < -0.3 is 21.5 Å². The van der Waals surface area contributed by atoms with Gasteiger partial charge in [-0.2, -0.15) is 6.42 Å². The number of aromatic nitrogens is 1. The Hall–Kier alpha value is -0.186. The monoisotopic (exact) mass is 310 g/mol. The van der Waals surface area contributed by atoms with Gasteiger partial charge in [-0.1, -0.05) is 0 Å². The maximum absolute atomic E-state index is 12.2. The number of fused-ring (bicyclic) bond motifs is 1. The van der Waals surface area contributed by atoms with E-state index in [2.05, 4.69) is 6.92 Å². The second-order valence-corrected chi connectivity index (χ2v) is 4.18. The van der Waals surface area contributed by atoms with E-state index in [1.807, 2.05) is 17.8 Å². The molecule has 4 nitrogen and oxygen atoms in total. The maximum atomic E-state index is 12.2. The normalized spacial score (nSPS) is 19.6. The average molecular weight is 310 g/mol. The molecule has 0 aliphatic carbocycles. The first-order chi connectivity index (χ1) is 7.65. The topological polar surface area (TPSA) is 45.5 Å².